The zero-order valence-corrected chi connectivity index (χ0v) is 18.2. The topological polar surface area (TPSA) is 0 Å². The van der Waals surface area contributed by atoms with Crippen LogP contribution in [-0.4, -0.2) is 13.2 Å². The minimum absolute atomic E-state index is 0. The Morgan fingerprint density at radius 3 is 1.42 bits per heavy atom. The van der Waals surface area contributed by atoms with Gasteiger partial charge < -0.3 is 24.8 Å². The molecule has 0 aromatic carbocycles. The summed E-state index contributed by atoms with van der Waals surface area (Å²) in [5, 5.41) is 0. The molecule has 0 bridgehead atoms. The van der Waals surface area contributed by atoms with Crippen LogP contribution in [0.3, 0.4) is 0 Å². The first kappa shape index (κ1) is 24.8. The molecule has 0 saturated carbocycles. The maximum atomic E-state index is 2.99. The molecule has 0 radical (unpaired) electrons. The van der Waals surface area contributed by atoms with E-state index in [1.54, 1.807) is 3.21 Å². The largest absolute Gasteiger partial charge is 1.00 e. The van der Waals surface area contributed by atoms with Crippen molar-refractivity contribution in [3.63, 3.8) is 0 Å². The molecule has 0 N–H and O–H groups in total. The molecule has 0 fully saturated rings. The van der Waals surface area contributed by atoms with Crippen LogP contribution >= 0.6 is 0 Å². The van der Waals surface area contributed by atoms with E-state index in [1.807, 2.05) is 24.3 Å². The van der Waals surface area contributed by atoms with E-state index in [-0.39, 0.29) is 54.4 Å². The van der Waals surface area contributed by atoms with Crippen molar-refractivity contribution in [2.75, 3.05) is 0 Å². The van der Waals surface area contributed by atoms with Gasteiger partial charge in [0.05, 0.1) is 0 Å². The van der Waals surface area contributed by atoms with E-state index in [2.05, 4.69) is 49.7 Å². The average Bonchev–Trinajstić information content (AvgIpc) is 2.96. The van der Waals surface area contributed by atoms with Gasteiger partial charge in [0.2, 0.25) is 0 Å². The summed E-state index contributed by atoms with van der Waals surface area (Å²) < 4.78 is 1.78. The Balaban J connectivity index is -0.000000194. The van der Waals surface area contributed by atoms with Crippen LogP contribution < -0.4 is 24.8 Å². The fraction of sp³-hybridized carbons (Fsp3) is 0.400. The molecule has 2 aliphatic carbocycles. The number of allylic oxidation sites excluding steroid dienone is 8. The molecule has 0 atom stereocenters. The van der Waals surface area contributed by atoms with Gasteiger partial charge in [0.15, 0.2) is 0 Å². The van der Waals surface area contributed by atoms with Gasteiger partial charge >= 0.3 is 58.2 Å². The zero-order chi connectivity index (χ0) is 12.9. The molecule has 4 heteroatoms. The van der Waals surface area contributed by atoms with E-state index in [0.717, 1.165) is 12.8 Å². The van der Waals surface area contributed by atoms with Gasteiger partial charge in [0.1, 0.15) is 0 Å². The molecule has 0 amide bonds. The number of halogens is 2. The third-order valence-corrected chi connectivity index (χ3v) is 16.5. The molecule has 0 spiro atoms. The van der Waals surface area contributed by atoms with E-state index in [0.29, 0.717) is 0 Å². The van der Waals surface area contributed by atoms with Crippen LogP contribution in [0.15, 0.2) is 36.5 Å². The van der Waals surface area contributed by atoms with Crippen LogP contribution in [0.2, 0.25) is 11.5 Å². The molecule has 0 aliphatic heterocycles. The Kier molecular flexibility index (Phi) is 24.6. The molecule has 2 rings (SSSR count). The van der Waals surface area contributed by atoms with Crippen molar-refractivity contribution in [1.29, 1.82) is 0 Å². The Morgan fingerprint density at radius 2 is 1.37 bits per heavy atom. The number of hydrogen-bond acceptors (Lipinski definition) is 0. The molecule has 0 saturated heterocycles. The van der Waals surface area contributed by atoms with Crippen LogP contribution in [0.4, 0.5) is 0 Å². The van der Waals surface area contributed by atoms with Crippen LogP contribution in [0, 0.1) is 12.2 Å². The van der Waals surface area contributed by atoms with Crippen molar-refractivity contribution < 1.29 is 44.4 Å². The minimum Gasteiger partial charge on any atom is -1.00 e. The average molecular weight is 437 g/mol. The summed E-state index contributed by atoms with van der Waals surface area (Å²) in [7, 11) is -0.316. The Labute approximate surface area is 143 Å². The number of rotatable bonds is 0. The minimum atomic E-state index is -0.316. The second-order valence-corrected chi connectivity index (χ2v) is 27.3. The molecular formula is C15H22Cl2GeZr-4. The van der Waals surface area contributed by atoms with Crippen molar-refractivity contribution in [2.24, 2.45) is 0 Å². The van der Waals surface area contributed by atoms with Crippen LogP contribution in [0.5, 0.6) is 0 Å². The van der Waals surface area contributed by atoms with Gasteiger partial charge in [0.25, 0.3) is 0 Å². The van der Waals surface area contributed by atoms with Crippen molar-refractivity contribution >= 4 is 13.2 Å². The third-order valence-electron chi connectivity index (χ3n) is 1.67. The second kappa shape index (κ2) is 18.8. The molecule has 0 nitrogen and oxygen atoms in total. The molecule has 108 valence electrons. The Morgan fingerprint density at radius 1 is 0.947 bits per heavy atom. The van der Waals surface area contributed by atoms with Gasteiger partial charge in [-0.3, -0.25) is 12.2 Å². The summed E-state index contributed by atoms with van der Waals surface area (Å²) >= 11 is 0.122. The fourth-order valence-corrected chi connectivity index (χ4v) is 16.1. The van der Waals surface area contributed by atoms with Crippen molar-refractivity contribution in [3.8, 4) is 0 Å². The molecule has 0 unspecified atom stereocenters. The predicted octanol–water partition coefficient (Wildman–Crippen LogP) is -1.85. The van der Waals surface area contributed by atoms with E-state index < -0.39 is 0 Å². The summed E-state index contributed by atoms with van der Waals surface area (Å²) in [6.45, 7) is 4.60. The second-order valence-electron chi connectivity index (χ2n) is 4.13. The van der Waals surface area contributed by atoms with Gasteiger partial charge in [0, 0.05) is 0 Å². The Hall–Kier alpha value is 0.836. The smallest absolute Gasteiger partial charge is 0.109 e. The summed E-state index contributed by atoms with van der Waals surface area (Å²) in [6, 6.07) is 0. The van der Waals surface area contributed by atoms with Crippen LogP contribution in [0.25, 0.3) is 0 Å². The summed E-state index contributed by atoms with van der Waals surface area (Å²) in [5.41, 5.74) is 0. The van der Waals surface area contributed by atoms with Gasteiger partial charge in [-0.15, -0.1) is 12.8 Å². The third kappa shape index (κ3) is 24.3. The SMILES string of the molecule is C[C](C)=[Zr]=[Ge]([CH3])[CH3].[C-]1=CC=CC1.[C-]1=CC=CC1.[Cl-].[Cl-]. The van der Waals surface area contributed by atoms with Crippen molar-refractivity contribution in [1.82, 2.24) is 0 Å². The number of hydrogen-bond donors (Lipinski definition) is 0. The van der Waals surface area contributed by atoms with Gasteiger partial charge in [-0.1, -0.05) is 0 Å². The van der Waals surface area contributed by atoms with Crippen LogP contribution in [-0.2, 0) is 19.6 Å². The first-order valence-electron chi connectivity index (χ1n) is 5.93. The van der Waals surface area contributed by atoms with Gasteiger partial charge in [-0.2, -0.15) is 12.2 Å². The van der Waals surface area contributed by atoms with E-state index in [1.165, 1.54) is 0 Å². The maximum Gasteiger partial charge on any atom is -0.109 e. The van der Waals surface area contributed by atoms with E-state index in [9.17, 15) is 0 Å². The summed E-state index contributed by atoms with van der Waals surface area (Å²) in [5.74, 6) is 4.97. The van der Waals surface area contributed by atoms with Crippen molar-refractivity contribution in [2.45, 2.75) is 38.2 Å². The van der Waals surface area contributed by atoms with Crippen LogP contribution in [0.1, 0.15) is 26.7 Å². The predicted molar refractivity (Wildman–Crippen MR) is 77.0 cm³/mol. The van der Waals surface area contributed by atoms with Gasteiger partial charge in [-0.25, -0.2) is 24.3 Å². The standard InChI is InChI=1S/2C5H5.C3H6.C2H6Ge.2ClH.Zr/c2*1-2-4-5-3-1;2*1-3-2;;;/h2*1-3H,4H2;2*1-2H3;2*1H;/q2*-1;;;;;/p-2. The molecular weight excluding hydrogens is 415 g/mol. The normalized spacial score (nSPS) is 12.0. The fourth-order valence-electron chi connectivity index (χ4n) is 1.18. The quantitative estimate of drug-likeness (QED) is 0.309. The Bertz CT molecular complexity index is 325. The summed E-state index contributed by atoms with van der Waals surface area (Å²) in [4.78, 5) is 0. The maximum absolute atomic E-state index is 2.99. The van der Waals surface area contributed by atoms with Gasteiger partial charge in [-0.05, 0) is 0 Å². The summed E-state index contributed by atoms with van der Waals surface area (Å²) in [6.07, 6.45) is 20.0. The molecule has 0 heterocycles. The molecule has 2 aliphatic rings. The molecule has 19 heavy (non-hydrogen) atoms. The van der Waals surface area contributed by atoms with E-state index in [4.69, 9.17) is 0 Å². The molecule has 0 aromatic rings. The van der Waals surface area contributed by atoms with E-state index >= 15 is 0 Å². The monoisotopic (exact) mass is 436 g/mol. The zero-order valence-electron chi connectivity index (χ0n) is 12.1. The molecule has 0 aromatic heterocycles. The van der Waals surface area contributed by atoms with Crippen molar-refractivity contribution in [3.05, 3.63) is 48.6 Å². The first-order valence-corrected chi connectivity index (χ1v) is 18.8. The first-order chi connectivity index (χ1) is 8.13.